The number of hydroxylamine groups is 2. The highest BCUT2D eigenvalue weighted by Crippen LogP contribution is 2.22. The normalized spacial score (nSPS) is 19.0. The second-order valence-corrected chi connectivity index (χ2v) is 4.94. The van der Waals surface area contributed by atoms with Crippen molar-refractivity contribution in [1.29, 1.82) is 0 Å². The Morgan fingerprint density at radius 3 is 2.27 bits per heavy atom. The molecule has 4 heteroatoms. The van der Waals surface area contributed by atoms with Crippen LogP contribution in [-0.4, -0.2) is 28.9 Å². The highest BCUT2D eigenvalue weighted by atomic mass is 16.7. The highest BCUT2D eigenvalue weighted by Gasteiger charge is 2.27. The summed E-state index contributed by atoms with van der Waals surface area (Å²) < 4.78 is 0. The molecule has 1 aliphatic carbocycles. The van der Waals surface area contributed by atoms with Crippen molar-refractivity contribution in [3.05, 3.63) is 0 Å². The number of carbonyl (C=O) groups is 2. The van der Waals surface area contributed by atoms with E-state index >= 15 is 0 Å². The molecule has 15 heavy (non-hydrogen) atoms. The molecule has 1 amide bonds. The highest BCUT2D eigenvalue weighted by molar-refractivity contribution is 5.79. The van der Waals surface area contributed by atoms with E-state index < -0.39 is 0 Å². The minimum atomic E-state index is -0.373. The van der Waals surface area contributed by atoms with Crippen LogP contribution >= 0.6 is 0 Å². The van der Waals surface area contributed by atoms with E-state index in [1.165, 1.54) is 5.06 Å². The Bertz CT molecular complexity index is 235. The summed E-state index contributed by atoms with van der Waals surface area (Å²) in [7, 11) is 0. The Balaban J connectivity index is 2.51. The fourth-order valence-corrected chi connectivity index (χ4v) is 1.68. The van der Waals surface area contributed by atoms with Crippen molar-refractivity contribution in [1.82, 2.24) is 5.06 Å². The smallest absolute Gasteiger partial charge is 0.233 e. The van der Waals surface area contributed by atoms with Crippen molar-refractivity contribution in [3.8, 4) is 0 Å². The van der Waals surface area contributed by atoms with Gasteiger partial charge in [0.25, 0.3) is 0 Å². The molecule has 0 heterocycles. The molecule has 0 aromatic rings. The zero-order valence-corrected chi connectivity index (χ0v) is 9.66. The molecule has 1 fully saturated rings. The average Bonchev–Trinajstić information content (AvgIpc) is 2.14. The Morgan fingerprint density at radius 1 is 1.33 bits per heavy atom. The van der Waals surface area contributed by atoms with Gasteiger partial charge in [-0.3, -0.25) is 14.4 Å². The Labute approximate surface area is 90.5 Å². The summed E-state index contributed by atoms with van der Waals surface area (Å²) in [6.07, 6.45) is 3.26. The molecule has 1 rings (SSSR count). The summed E-state index contributed by atoms with van der Waals surface area (Å²) in [6.45, 7) is 5.70. The fourth-order valence-electron chi connectivity index (χ4n) is 1.68. The summed E-state index contributed by atoms with van der Waals surface area (Å²) in [4.78, 5) is 27.5. The largest absolute Gasteiger partial charge is 0.300 e. The molecule has 0 spiro atoms. The molecule has 0 atom stereocenters. The minimum absolute atomic E-state index is 0.0550. The van der Waals surface area contributed by atoms with Gasteiger partial charge in [-0.1, -0.05) is 0 Å². The molecule has 0 radical (unpaired) electrons. The van der Waals surface area contributed by atoms with Gasteiger partial charge in [0.15, 0.2) is 0 Å². The van der Waals surface area contributed by atoms with Gasteiger partial charge in [-0.2, -0.15) is 0 Å². The first-order valence-corrected chi connectivity index (χ1v) is 5.37. The number of hydrogen-bond donors (Lipinski definition) is 0. The van der Waals surface area contributed by atoms with Crippen molar-refractivity contribution < 1.29 is 14.4 Å². The van der Waals surface area contributed by atoms with Crippen molar-refractivity contribution in [3.63, 3.8) is 0 Å². The van der Waals surface area contributed by atoms with Crippen LogP contribution in [-0.2, 0) is 14.4 Å². The van der Waals surface area contributed by atoms with Crippen molar-refractivity contribution in [2.75, 3.05) is 0 Å². The molecule has 0 aromatic carbocycles. The van der Waals surface area contributed by atoms with Gasteiger partial charge in [0.05, 0.1) is 11.6 Å². The zero-order valence-electron chi connectivity index (χ0n) is 9.66. The molecule has 1 aliphatic rings. The summed E-state index contributed by atoms with van der Waals surface area (Å²) in [5, 5.41) is 1.37. The summed E-state index contributed by atoms with van der Waals surface area (Å²) >= 11 is 0. The molecule has 1 saturated carbocycles. The van der Waals surface area contributed by atoms with Gasteiger partial charge in [-0.25, -0.2) is 5.06 Å². The van der Waals surface area contributed by atoms with Crippen LogP contribution in [0.1, 0.15) is 46.5 Å². The number of Topliss-reactive ketones (excluding diaryl/α,β-unsaturated/α-hetero) is 1. The maximum Gasteiger partial charge on any atom is 0.233 e. The SMILES string of the molecule is CC(C)(C)ON(C=O)C1CCC(=O)CC1. The van der Waals surface area contributed by atoms with Crippen LogP contribution in [0.3, 0.4) is 0 Å². The summed E-state index contributed by atoms with van der Waals surface area (Å²) in [6, 6.07) is 0.0550. The number of hydrogen-bond acceptors (Lipinski definition) is 3. The number of amides is 1. The van der Waals surface area contributed by atoms with Gasteiger partial charge < -0.3 is 0 Å². The number of carbonyl (C=O) groups excluding carboxylic acids is 2. The molecule has 4 nitrogen and oxygen atoms in total. The van der Waals surface area contributed by atoms with Gasteiger partial charge in [-0.05, 0) is 33.6 Å². The van der Waals surface area contributed by atoms with Crippen molar-refractivity contribution in [2.24, 2.45) is 0 Å². The second-order valence-electron chi connectivity index (χ2n) is 4.94. The molecular weight excluding hydrogens is 194 g/mol. The van der Waals surface area contributed by atoms with Crippen molar-refractivity contribution >= 4 is 12.2 Å². The van der Waals surface area contributed by atoms with E-state index in [2.05, 4.69) is 0 Å². The Morgan fingerprint density at radius 2 is 1.87 bits per heavy atom. The third-order valence-corrected chi connectivity index (χ3v) is 2.36. The maximum absolute atomic E-state index is 11.1. The molecule has 86 valence electrons. The number of ketones is 1. The average molecular weight is 213 g/mol. The number of rotatable bonds is 3. The molecule has 0 unspecified atom stereocenters. The molecular formula is C11H19NO3. The first-order valence-electron chi connectivity index (χ1n) is 5.37. The van der Waals surface area contributed by atoms with Crippen LogP contribution in [0, 0.1) is 0 Å². The van der Waals surface area contributed by atoms with E-state index in [9.17, 15) is 9.59 Å². The van der Waals surface area contributed by atoms with Crippen molar-refractivity contribution in [2.45, 2.75) is 58.1 Å². The van der Waals surface area contributed by atoms with Gasteiger partial charge >= 0.3 is 0 Å². The van der Waals surface area contributed by atoms with Gasteiger partial charge in [0.1, 0.15) is 5.78 Å². The Kier molecular flexibility index (Phi) is 3.85. The predicted octanol–water partition coefficient (Wildman–Crippen LogP) is 1.69. The van der Waals surface area contributed by atoms with Gasteiger partial charge in [0, 0.05) is 12.8 Å². The van der Waals surface area contributed by atoms with E-state index in [1.807, 2.05) is 20.8 Å². The molecule has 0 aliphatic heterocycles. The lowest BCUT2D eigenvalue weighted by molar-refractivity contribution is -0.234. The third-order valence-electron chi connectivity index (χ3n) is 2.36. The van der Waals surface area contributed by atoms with E-state index in [-0.39, 0.29) is 17.4 Å². The first-order chi connectivity index (χ1) is 6.92. The fraction of sp³-hybridized carbons (Fsp3) is 0.818. The minimum Gasteiger partial charge on any atom is -0.300 e. The van der Waals surface area contributed by atoms with Gasteiger partial charge in [-0.15, -0.1) is 0 Å². The quantitative estimate of drug-likeness (QED) is 0.529. The maximum atomic E-state index is 11.1. The van der Waals surface area contributed by atoms with E-state index in [1.54, 1.807) is 0 Å². The monoisotopic (exact) mass is 213 g/mol. The van der Waals surface area contributed by atoms with E-state index in [0.29, 0.717) is 32.1 Å². The Hall–Kier alpha value is -0.900. The van der Waals surface area contributed by atoms with Gasteiger partial charge in [0.2, 0.25) is 6.41 Å². The number of nitrogens with zero attached hydrogens (tertiary/aromatic N) is 1. The topological polar surface area (TPSA) is 46.6 Å². The molecule has 0 aromatic heterocycles. The summed E-state index contributed by atoms with van der Waals surface area (Å²) in [5.41, 5.74) is -0.373. The van der Waals surface area contributed by atoms with Crippen LogP contribution in [0.25, 0.3) is 0 Å². The standard InChI is InChI=1S/C11H19NO3/c1-11(2,3)15-12(8-13)9-4-6-10(14)7-5-9/h8-9H,4-7H2,1-3H3. The first kappa shape index (κ1) is 12.2. The molecule has 0 bridgehead atoms. The van der Waals surface area contributed by atoms with Crippen LogP contribution in [0.4, 0.5) is 0 Å². The van der Waals surface area contributed by atoms with Crippen LogP contribution < -0.4 is 0 Å². The molecule has 0 N–H and O–H groups in total. The van der Waals surface area contributed by atoms with Crippen LogP contribution in [0.15, 0.2) is 0 Å². The predicted molar refractivity (Wildman–Crippen MR) is 56.0 cm³/mol. The van der Waals surface area contributed by atoms with Crippen LogP contribution in [0.5, 0.6) is 0 Å². The lowest BCUT2D eigenvalue weighted by Crippen LogP contribution is -2.42. The second kappa shape index (κ2) is 4.75. The molecule has 0 saturated heterocycles. The lowest BCUT2D eigenvalue weighted by Gasteiger charge is -2.34. The van der Waals surface area contributed by atoms with Crippen LogP contribution in [0.2, 0.25) is 0 Å². The van der Waals surface area contributed by atoms with E-state index in [4.69, 9.17) is 4.84 Å². The summed E-state index contributed by atoms with van der Waals surface area (Å²) in [5.74, 6) is 0.285. The lowest BCUT2D eigenvalue weighted by atomic mass is 9.94. The zero-order chi connectivity index (χ0) is 11.5. The third kappa shape index (κ3) is 4.00. The van der Waals surface area contributed by atoms with E-state index in [0.717, 1.165) is 0 Å².